The lowest BCUT2D eigenvalue weighted by molar-refractivity contribution is 0.0694. The highest BCUT2D eigenvalue weighted by Gasteiger charge is 2.16. The number of anilines is 1. The number of carboxylic acids is 1. The molecule has 0 unspecified atom stereocenters. The summed E-state index contributed by atoms with van der Waals surface area (Å²) in [4.78, 5) is 11.0. The van der Waals surface area contributed by atoms with Crippen molar-refractivity contribution in [1.82, 2.24) is 0 Å². The summed E-state index contributed by atoms with van der Waals surface area (Å²) < 4.78 is 31.3. The van der Waals surface area contributed by atoms with E-state index in [2.05, 4.69) is 0 Å². The minimum atomic E-state index is -1.26. The molecule has 2 aromatic carbocycles. The first kappa shape index (κ1) is 12.8. The third-order valence-corrected chi connectivity index (χ3v) is 2.38. The monoisotopic (exact) mass is 265 g/mol. The van der Waals surface area contributed by atoms with Crippen LogP contribution >= 0.6 is 0 Å². The fourth-order valence-electron chi connectivity index (χ4n) is 1.51. The van der Waals surface area contributed by atoms with Crippen LogP contribution in [0.4, 0.5) is 14.5 Å². The average molecular weight is 265 g/mol. The summed E-state index contributed by atoms with van der Waals surface area (Å²) in [6.07, 6.45) is 0. The van der Waals surface area contributed by atoms with Crippen molar-refractivity contribution in [3.05, 3.63) is 53.6 Å². The smallest absolute Gasteiger partial charge is 0.339 e. The van der Waals surface area contributed by atoms with E-state index in [4.69, 9.17) is 15.6 Å². The fourth-order valence-corrected chi connectivity index (χ4v) is 1.51. The largest absolute Gasteiger partial charge is 0.478 e. The van der Waals surface area contributed by atoms with E-state index in [0.29, 0.717) is 6.07 Å². The van der Waals surface area contributed by atoms with E-state index < -0.39 is 17.6 Å². The Labute approximate surface area is 107 Å². The minimum Gasteiger partial charge on any atom is -0.478 e. The summed E-state index contributed by atoms with van der Waals surface area (Å²) in [5.41, 5.74) is 5.44. The van der Waals surface area contributed by atoms with E-state index in [1.165, 1.54) is 18.2 Å². The topological polar surface area (TPSA) is 72.6 Å². The van der Waals surface area contributed by atoms with Crippen LogP contribution < -0.4 is 10.5 Å². The molecule has 0 bridgehead atoms. The van der Waals surface area contributed by atoms with Crippen LogP contribution in [-0.4, -0.2) is 11.1 Å². The summed E-state index contributed by atoms with van der Waals surface area (Å²) >= 11 is 0. The molecule has 0 aromatic heterocycles. The number of para-hydroxylation sites is 1. The molecular formula is C13H9F2NO3. The summed E-state index contributed by atoms with van der Waals surface area (Å²) in [5.74, 6) is -3.45. The molecule has 0 saturated carbocycles. The lowest BCUT2D eigenvalue weighted by Gasteiger charge is -2.11. The normalized spacial score (nSPS) is 10.2. The fraction of sp³-hybridized carbons (Fsp3) is 0. The maximum absolute atomic E-state index is 13.4. The first-order valence-electron chi connectivity index (χ1n) is 5.23. The molecule has 0 saturated heterocycles. The van der Waals surface area contributed by atoms with Crippen LogP contribution in [0.3, 0.4) is 0 Å². The van der Waals surface area contributed by atoms with Crippen LogP contribution in [0.25, 0.3) is 0 Å². The number of rotatable bonds is 3. The highest BCUT2D eigenvalue weighted by molar-refractivity contribution is 5.93. The maximum atomic E-state index is 13.4. The first-order valence-corrected chi connectivity index (χ1v) is 5.23. The van der Waals surface area contributed by atoms with Crippen LogP contribution in [0.5, 0.6) is 11.5 Å². The first-order chi connectivity index (χ1) is 8.99. The summed E-state index contributed by atoms with van der Waals surface area (Å²) in [6, 6.07) is 6.82. The molecule has 0 radical (unpaired) electrons. The van der Waals surface area contributed by atoms with E-state index in [0.717, 1.165) is 12.1 Å². The third kappa shape index (κ3) is 2.62. The van der Waals surface area contributed by atoms with E-state index in [1.54, 1.807) is 0 Å². The number of halogens is 2. The molecule has 0 atom stereocenters. The predicted molar refractivity (Wildman–Crippen MR) is 64.2 cm³/mol. The molecule has 0 spiro atoms. The highest BCUT2D eigenvalue weighted by Crippen LogP contribution is 2.32. The van der Waals surface area contributed by atoms with Gasteiger partial charge in [-0.05, 0) is 24.3 Å². The van der Waals surface area contributed by atoms with Crippen molar-refractivity contribution in [3.8, 4) is 11.5 Å². The number of carbonyl (C=O) groups is 1. The van der Waals surface area contributed by atoms with Gasteiger partial charge in [0.05, 0.1) is 5.69 Å². The number of hydrogen-bond donors (Lipinski definition) is 2. The summed E-state index contributed by atoms with van der Waals surface area (Å²) in [7, 11) is 0. The second kappa shape index (κ2) is 4.93. The molecule has 0 aliphatic rings. The van der Waals surface area contributed by atoms with E-state index in [1.807, 2.05) is 0 Å². The quantitative estimate of drug-likeness (QED) is 0.836. The SMILES string of the molecule is Nc1cccc(C(=O)O)c1Oc1ccc(F)cc1F. The van der Waals surface area contributed by atoms with Crippen molar-refractivity contribution in [2.24, 2.45) is 0 Å². The molecule has 0 fully saturated rings. The van der Waals surface area contributed by atoms with Gasteiger partial charge in [-0.25, -0.2) is 13.6 Å². The van der Waals surface area contributed by atoms with Gasteiger partial charge < -0.3 is 15.6 Å². The zero-order valence-electron chi connectivity index (χ0n) is 9.56. The molecule has 0 heterocycles. The van der Waals surface area contributed by atoms with Gasteiger partial charge in [0.15, 0.2) is 17.3 Å². The molecule has 6 heteroatoms. The standard InChI is InChI=1S/C13H9F2NO3/c14-7-4-5-11(9(15)6-7)19-12-8(13(17)18)2-1-3-10(12)16/h1-6H,16H2,(H,17,18). The molecule has 2 aromatic rings. The molecule has 0 amide bonds. The van der Waals surface area contributed by atoms with Gasteiger partial charge in [-0.1, -0.05) is 6.07 Å². The molecule has 0 aliphatic heterocycles. The van der Waals surface area contributed by atoms with Crippen LogP contribution in [0.2, 0.25) is 0 Å². The van der Waals surface area contributed by atoms with Gasteiger partial charge >= 0.3 is 5.97 Å². The number of hydrogen-bond acceptors (Lipinski definition) is 3. The van der Waals surface area contributed by atoms with Gasteiger partial charge in [0.25, 0.3) is 0 Å². The molecule has 98 valence electrons. The minimum absolute atomic E-state index is 0.0450. The Balaban J connectivity index is 2.46. The van der Waals surface area contributed by atoms with Gasteiger partial charge in [0, 0.05) is 6.07 Å². The molecular weight excluding hydrogens is 256 g/mol. The molecule has 0 aliphatic carbocycles. The van der Waals surface area contributed by atoms with Gasteiger partial charge in [0.2, 0.25) is 0 Å². The lowest BCUT2D eigenvalue weighted by Crippen LogP contribution is -2.03. The Morgan fingerprint density at radius 2 is 1.95 bits per heavy atom. The summed E-state index contributed by atoms with van der Waals surface area (Å²) in [5, 5.41) is 8.99. The van der Waals surface area contributed by atoms with Crippen molar-refractivity contribution in [3.63, 3.8) is 0 Å². The van der Waals surface area contributed by atoms with Crippen LogP contribution in [-0.2, 0) is 0 Å². The van der Waals surface area contributed by atoms with Crippen LogP contribution in [0.15, 0.2) is 36.4 Å². The highest BCUT2D eigenvalue weighted by atomic mass is 19.1. The Morgan fingerprint density at radius 1 is 1.21 bits per heavy atom. The maximum Gasteiger partial charge on any atom is 0.339 e. The Morgan fingerprint density at radius 3 is 2.58 bits per heavy atom. The molecule has 3 N–H and O–H groups in total. The number of benzene rings is 2. The van der Waals surface area contributed by atoms with E-state index >= 15 is 0 Å². The zero-order chi connectivity index (χ0) is 14.0. The number of nitrogens with two attached hydrogens (primary N) is 1. The van der Waals surface area contributed by atoms with Crippen molar-refractivity contribution in [2.45, 2.75) is 0 Å². The Bertz CT molecular complexity index is 644. The Hall–Kier alpha value is -2.63. The van der Waals surface area contributed by atoms with Gasteiger partial charge in [-0.3, -0.25) is 0 Å². The third-order valence-electron chi connectivity index (χ3n) is 2.38. The molecule has 4 nitrogen and oxygen atoms in total. The van der Waals surface area contributed by atoms with E-state index in [-0.39, 0.29) is 22.7 Å². The summed E-state index contributed by atoms with van der Waals surface area (Å²) in [6.45, 7) is 0. The van der Waals surface area contributed by atoms with Gasteiger partial charge in [-0.15, -0.1) is 0 Å². The van der Waals surface area contributed by atoms with Crippen LogP contribution in [0, 0.1) is 11.6 Å². The second-order valence-electron chi connectivity index (χ2n) is 3.71. The predicted octanol–water partition coefficient (Wildman–Crippen LogP) is 3.04. The number of ether oxygens (including phenoxy) is 1. The molecule has 2 rings (SSSR count). The average Bonchev–Trinajstić information content (AvgIpc) is 2.34. The van der Waals surface area contributed by atoms with Crippen molar-refractivity contribution < 1.29 is 23.4 Å². The van der Waals surface area contributed by atoms with Crippen molar-refractivity contribution >= 4 is 11.7 Å². The Kier molecular flexibility index (Phi) is 3.33. The zero-order valence-corrected chi connectivity index (χ0v) is 9.56. The van der Waals surface area contributed by atoms with Crippen LogP contribution in [0.1, 0.15) is 10.4 Å². The van der Waals surface area contributed by atoms with Gasteiger partial charge in [0.1, 0.15) is 11.4 Å². The van der Waals surface area contributed by atoms with Gasteiger partial charge in [-0.2, -0.15) is 0 Å². The number of aromatic carboxylic acids is 1. The van der Waals surface area contributed by atoms with Crippen molar-refractivity contribution in [1.29, 1.82) is 0 Å². The second-order valence-corrected chi connectivity index (χ2v) is 3.71. The van der Waals surface area contributed by atoms with Crippen molar-refractivity contribution in [2.75, 3.05) is 5.73 Å². The number of nitrogen functional groups attached to an aromatic ring is 1. The van der Waals surface area contributed by atoms with E-state index in [9.17, 15) is 13.6 Å². The number of carboxylic acid groups (broad SMARTS) is 1. The lowest BCUT2D eigenvalue weighted by atomic mass is 10.1. The molecule has 19 heavy (non-hydrogen) atoms.